The smallest absolute Gasteiger partial charge is 0.345 e. The van der Waals surface area contributed by atoms with Crippen LogP contribution < -0.4 is 9.47 Å². The highest BCUT2D eigenvalue weighted by Crippen LogP contribution is 2.35. The largest absolute Gasteiger partial charge is 0.493 e. The fourth-order valence-corrected chi connectivity index (χ4v) is 2.74. The first-order valence-electron chi connectivity index (χ1n) is 8.61. The minimum absolute atomic E-state index is 0.0730. The molecule has 0 spiro atoms. The number of nitro groups is 1. The van der Waals surface area contributed by atoms with Crippen LogP contribution in [0.4, 0.5) is 5.69 Å². The summed E-state index contributed by atoms with van der Waals surface area (Å²) in [5.41, 5.74) is -0.796. The number of benzene rings is 1. The van der Waals surface area contributed by atoms with Crippen LogP contribution in [0, 0.1) is 10.1 Å². The summed E-state index contributed by atoms with van der Waals surface area (Å²) in [4.78, 5) is 36.9. The number of hydrogen-bond acceptors (Lipinski definition) is 7. The molecule has 0 heterocycles. The molecule has 0 aliphatic rings. The van der Waals surface area contributed by atoms with Crippen molar-refractivity contribution in [3.8, 4) is 11.5 Å². The molecule has 0 saturated heterocycles. The molecule has 9 heteroatoms. The van der Waals surface area contributed by atoms with E-state index in [1.807, 2.05) is 27.7 Å². The Labute approximate surface area is 158 Å². The van der Waals surface area contributed by atoms with Crippen LogP contribution in [0.3, 0.4) is 0 Å². The van der Waals surface area contributed by atoms with E-state index < -0.39 is 23.2 Å². The third-order valence-electron chi connectivity index (χ3n) is 3.73. The summed E-state index contributed by atoms with van der Waals surface area (Å²) in [6.45, 7) is 8.87. The van der Waals surface area contributed by atoms with Gasteiger partial charge in [0.2, 0.25) is 0 Å². The zero-order chi connectivity index (χ0) is 20.7. The van der Waals surface area contributed by atoms with Crippen molar-refractivity contribution in [2.45, 2.75) is 46.7 Å². The molecule has 0 N–H and O–H groups in total. The fraction of sp³-hybridized carbons (Fsp3) is 0.556. The second-order valence-corrected chi connectivity index (χ2v) is 6.27. The van der Waals surface area contributed by atoms with Gasteiger partial charge in [0.15, 0.2) is 18.1 Å². The van der Waals surface area contributed by atoms with Crippen LogP contribution in [0.15, 0.2) is 12.1 Å². The molecule has 0 bridgehead atoms. The number of nitrogens with zero attached hydrogens (tertiary/aromatic N) is 2. The molecule has 1 rings (SSSR count). The van der Waals surface area contributed by atoms with Gasteiger partial charge in [-0.25, -0.2) is 4.79 Å². The maximum absolute atomic E-state index is 12.4. The number of ether oxygens (including phenoxy) is 3. The summed E-state index contributed by atoms with van der Waals surface area (Å²) in [6, 6.07) is 2.14. The summed E-state index contributed by atoms with van der Waals surface area (Å²) >= 11 is 0. The van der Waals surface area contributed by atoms with E-state index in [0.717, 1.165) is 6.07 Å². The number of amides is 1. The van der Waals surface area contributed by atoms with E-state index in [1.165, 1.54) is 13.2 Å². The van der Waals surface area contributed by atoms with Crippen molar-refractivity contribution in [1.82, 2.24) is 4.90 Å². The van der Waals surface area contributed by atoms with Crippen molar-refractivity contribution < 1.29 is 28.7 Å². The molecular weight excluding hydrogens is 356 g/mol. The van der Waals surface area contributed by atoms with Crippen molar-refractivity contribution in [3.05, 3.63) is 27.8 Å². The van der Waals surface area contributed by atoms with Gasteiger partial charge in [-0.2, -0.15) is 0 Å². The average molecular weight is 382 g/mol. The maximum atomic E-state index is 12.4. The summed E-state index contributed by atoms with van der Waals surface area (Å²) in [7, 11) is 1.35. The van der Waals surface area contributed by atoms with E-state index in [9.17, 15) is 19.7 Å². The molecule has 0 aliphatic heterocycles. The Balaban J connectivity index is 3.09. The van der Waals surface area contributed by atoms with Crippen molar-refractivity contribution >= 4 is 17.6 Å². The number of carbonyl (C=O) groups excluding carboxylic acids is 2. The first-order valence-corrected chi connectivity index (χ1v) is 8.61. The highest BCUT2D eigenvalue weighted by molar-refractivity contribution is 5.96. The van der Waals surface area contributed by atoms with Crippen LogP contribution in [-0.4, -0.2) is 54.1 Å². The second-order valence-electron chi connectivity index (χ2n) is 6.27. The lowest BCUT2D eigenvalue weighted by Crippen LogP contribution is -2.44. The molecule has 0 radical (unpaired) electrons. The number of esters is 1. The molecule has 1 aromatic rings. The lowest BCUT2D eigenvalue weighted by molar-refractivity contribution is -0.385. The molecule has 1 aromatic carbocycles. The van der Waals surface area contributed by atoms with Crippen LogP contribution in [0.5, 0.6) is 11.5 Å². The van der Waals surface area contributed by atoms with Crippen molar-refractivity contribution in [2.24, 2.45) is 0 Å². The lowest BCUT2D eigenvalue weighted by atomic mass is 10.1. The first kappa shape index (κ1) is 22.2. The number of hydrogen-bond donors (Lipinski definition) is 0. The molecule has 0 atom stereocenters. The third-order valence-corrected chi connectivity index (χ3v) is 3.73. The molecule has 9 nitrogen and oxygen atoms in total. The Bertz CT molecular complexity index is 693. The molecule has 0 aliphatic carbocycles. The Morgan fingerprint density at radius 3 is 2.19 bits per heavy atom. The summed E-state index contributed by atoms with van der Waals surface area (Å²) in [6.07, 6.45) is 0. The van der Waals surface area contributed by atoms with Gasteiger partial charge in [-0.3, -0.25) is 14.9 Å². The van der Waals surface area contributed by atoms with Crippen LogP contribution >= 0.6 is 0 Å². The SMILES string of the molecule is CCOc1cc([N+](=O)[O-])c(C(=O)OCC(=O)N(C(C)C)C(C)C)cc1OC. The molecule has 150 valence electrons. The minimum atomic E-state index is -0.983. The minimum Gasteiger partial charge on any atom is -0.493 e. The Morgan fingerprint density at radius 2 is 1.74 bits per heavy atom. The van der Waals surface area contributed by atoms with Crippen LogP contribution in [0.25, 0.3) is 0 Å². The Kier molecular flexibility index (Phi) is 8.01. The van der Waals surface area contributed by atoms with Gasteiger partial charge in [0.1, 0.15) is 5.56 Å². The van der Waals surface area contributed by atoms with E-state index in [-0.39, 0.29) is 41.7 Å². The van der Waals surface area contributed by atoms with E-state index >= 15 is 0 Å². The summed E-state index contributed by atoms with van der Waals surface area (Å²) < 4.78 is 15.4. The monoisotopic (exact) mass is 382 g/mol. The van der Waals surface area contributed by atoms with Gasteiger partial charge in [-0.1, -0.05) is 0 Å². The van der Waals surface area contributed by atoms with Gasteiger partial charge in [-0.05, 0) is 34.6 Å². The number of carbonyl (C=O) groups is 2. The van der Waals surface area contributed by atoms with Crippen LogP contribution in [0.2, 0.25) is 0 Å². The molecule has 27 heavy (non-hydrogen) atoms. The van der Waals surface area contributed by atoms with E-state index in [2.05, 4.69) is 0 Å². The molecule has 0 fully saturated rings. The fourth-order valence-electron chi connectivity index (χ4n) is 2.74. The highest BCUT2D eigenvalue weighted by atomic mass is 16.6. The van der Waals surface area contributed by atoms with Gasteiger partial charge in [0.05, 0.1) is 24.7 Å². The van der Waals surface area contributed by atoms with Crippen LogP contribution in [0.1, 0.15) is 45.0 Å². The molecule has 0 unspecified atom stereocenters. The van der Waals surface area contributed by atoms with Crippen LogP contribution in [-0.2, 0) is 9.53 Å². The van der Waals surface area contributed by atoms with E-state index in [0.29, 0.717) is 0 Å². The number of nitro benzene ring substituents is 1. The highest BCUT2D eigenvalue weighted by Gasteiger charge is 2.27. The average Bonchev–Trinajstić information content (AvgIpc) is 2.58. The molecule has 1 amide bonds. The molecule has 0 saturated carbocycles. The van der Waals surface area contributed by atoms with Gasteiger partial charge in [0.25, 0.3) is 11.6 Å². The van der Waals surface area contributed by atoms with Gasteiger partial charge in [0, 0.05) is 18.2 Å². The molecular formula is C18H26N2O7. The normalized spacial score (nSPS) is 10.7. The number of methoxy groups -OCH3 is 1. The van der Waals surface area contributed by atoms with Gasteiger partial charge >= 0.3 is 5.97 Å². The Morgan fingerprint density at radius 1 is 1.15 bits per heavy atom. The van der Waals surface area contributed by atoms with E-state index in [4.69, 9.17) is 14.2 Å². The topological polar surface area (TPSA) is 108 Å². The summed E-state index contributed by atoms with van der Waals surface area (Å²) in [5, 5.41) is 11.3. The third kappa shape index (κ3) is 5.57. The van der Waals surface area contributed by atoms with Crippen molar-refractivity contribution in [1.29, 1.82) is 0 Å². The standard InChI is InChI=1S/C18H26N2O7/c1-7-26-16-9-14(20(23)24)13(8-15(16)25-6)18(22)27-10-17(21)19(11(2)3)12(4)5/h8-9,11-12H,7,10H2,1-6H3. The maximum Gasteiger partial charge on any atom is 0.345 e. The van der Waals surface area contributed by atoms with Gasteiger partial charge < -0.3 is 19.1 Å². The van der Waals surface area contributed by atoms with Crippen molar-refractivity contribution in [3.63, 3.8) is 0 Å². The second kappa shape index (κ2) is 9.75. The predicted octanol–water partition coefficient (Wildman–Crippen LogP) is 2.80. The van der Waals surface area contributed by atoms with Crippen molar-refractivity contribution in [2.75, 3.05) is 20.3 Å². The zero-order valence-electron chi connectivity index (χ0n) is 16.5. The molecule has 0 aromatic heterocycles. The van der Waals surface area contributed by atoms with E-state index in [1.54, 1.807) is 11.8 Å². The lowest BCUT2D eigenvalue weighted by Gasteiger charge is -2.30. The quantitative estimate of drug-likeness (QED) is 0.367. The Hall–Kier alpha value is -2.84. The van der Waals surface area contributed by atoms with Gasteiger partial charge in [-0.15, -0.1) is 0 Å². The first-order chi connectivity index (χ1) is 12.6. The zero-order valence-corrected chi connectivity index (χ0v) is 16.5. The number of rotatable bonds is 9. The predicted molar refractivity (Wildman–Crippen MR) is 98.2 cm³/mol. The summed E-state index contributed by atoms with van der Waals surface area (Å²) in [5.74, 6) is -1.06.